The van der Waals surface area contributed by atoms with E-state index in [-0.39, 0.29) is 24.4 Å². The summed E-state index contributed by atoms with van der Waals surface area (Å²) in [6, 6.07) is -0.332. The molecule has 2 N–H and O–H groups in total. The summed E-state index contributed by atoms with van der Waals surface area (Å²) in [5.41, 5.74) is 2.74. The molecular weight excluding hydrogens is 252 g/mol. The Bertz CT molecular complexity index is 450. The van der Waals surface area contributed by atoms with Gasteiger partial charge in [-0.15, -0.1) is 11.3 Å². The zero-order valence-electron chi connectivity index (χ0n) is 10.4. The molecule has 7 heteroatoms. The van der Waals surface area contributed by atoms with Gasteiger partial charge in [-0.2, -0.15) is 0 Å². The van der Waals surface area contributed by atoms with Gasteiger partial charge in [0.1, 0.15) is 6.04 Å². The quantitative estimate of drug-likeness (QED) is 0.775. The SMILES string of the molecule is Cc1ncsc1CN(C)C(=O)C1CNC(=O)CN1. The van der Waals surface area contributed by atoms with E-state index >= 15 is 0 Å². The van der Waals surface area contributed by atoms with Crippen LogP contribution in [0.5, 0.6) is 0 Å². The average Bonchev–Trinajstić information content (AvgIpc) is 2.75. The molecule has 0 saturated carbocycles. The number of nitrogens with one attached hydrogen (secondary N) is 2. The second kappa shape index (κ2) is 5.45. The van der Waals surface area contributed by atoms with Crippen molar-refractivity contribution in [3.05, 3.63) is 16.1 Å². The fourth-order valence-electron chi connectivity index (χ4n) is 1.78. The minimum Gasteiger partial charge on any atom is -0.353 e. The molecule has 0 aromatic carbocycles. The summed E-state index contributed by atoms with van der Waals surface area (Å²) in [5, 5.41) is 5.61. The Morgan fingerprint density at radius 2 is 2.44 bits per heavy atom. The van der Waals surface area contributed by atoms with Gasteiger partial charge in [0.25, 0.3) is 0 Å². The van der Waals surface area contributed by atoms with Crippen molar-refractivity contribution in [1.29, 1.82) is 0 Å². The zero-order chi connectivity index (χ0) is 13.1. The molecule has 2 amide bonds. The number of piperazine rings is 1. The summed E-state index contributed by atoms with van der Waals surface area (Å²) in [7, 11) is 1.76. The Morgan fingerprint density at radius 1 is 1.67 bits per heavy atom. The van der Waals surface area contributed by atoms with Gasteiger partial charge < -0.3 is 10.2 Å². The van der Waals surface area contributed by atoms with E-state index in [1.807, 2.05) is 6.92 Å². The molecule has 1 unspecified atom stereocenters. The number of thiazole rings is 1. The Hall–Kier alpha value is -1.47. The maximum Gasteiger partial charge on any atom is 0.241 e. The highest BCUT2D eigenvalue weighted by Gasteiger charge is 2.26. The summed E-state index contributed by atoms with van der Waals surface area (Å²) in [4.78, 5) is 30.0. The summed E-state index contributed by atoms with van der Waals surface area (Å²) in [6.07, 6.45) is 0. The van der Waals surface area contributed by atoms with E-state index in [4.69, 9.17) is 0 Å². The van der Waals surface area contributed by atoms with Crippen LogP contribution in [0, 0.1) is 6.92 Å². The van der Waals surface area contributed by atoms with Crippen LogP contribution in [-0.2, 0) is 16.1 Å². The third-order valence-electron chi connectivity index (χ3n) is 2.91. The largest absolute Gasteiger partial charge is 0.353 e. The van der Waals surface area contributed by atoms with Crippen molar-refractivity contribution >= 4 is 23.2 Å². The van der Waals surface area contributed by atoms with Crippen LogP contribution < -0.4 is 10.6 Å². The van der Waals surface area contributed by atoms with E-state index in [1.165, 1.54) is 0 Å². The monoisotopic (exact) mass is 268 g/mol. The van der Waals surface area contributed by atoms with Gasteiger partial charge in [-0.05, 0) is 6.92 Å². The molecule has 18 heavy (non-hydrogen) atoms. The van der Waals surface area contributed by atoms with Crippen LogP contribution in [0.25, 0.3) is 0 Å². The molecule has 98 valence electrons. The lowest BCUT2D eigenvalue weighted by Gasteiger charge is -2.27. The molecule has 2 rings (SSSR count). The number of likely N-dealkylation sites (N-methyl/N-ethyl adjacent to an activating group) is 1. The van der Waals surface area contributed by atoms with Gasteiger partial charge in [-0.3, -0.25) is 14.9 Å². The van der Waals surface area contributed by atoms with E-state index in [2.05, 4.69) is 15.6 Å². The highest BCUT2D eigenvalue weighted by Crippen LogP contribution is 2.14. The Morgan fingerprint density at radius 3 is 3.00 bits per heavy atom. The van der Waals surface area contributed by atoms with Gasteiger partial charge in [0.15, 0.2) is 0 Å². The molecule has 0 radical (unpaired) electrons. The van der Waals surface area contributed by atoms with Crippen LogP contribution in [0.3, 0.4) is 0 Å². The standard InChI is InChI=1S/C11H16N4O2S/c1-7-9(18-6-14-7)5-15(2)11(17)8-3-13-10(16)4-12-8/h6,8,12H,3-5H2,1-2H3,(H,13,16). The van der Waals surface area contributed by atoms with Crippen LogP contribution in [0.15, 0.2) is 5.51 Å². The van der Waals surface area contributed by atoms with Crippen molar-refractivity contribution in [2.24, 2.45) is 0 Å². The van der Waals surface area contributed by atoms with E-state index in [1.54, 1.807) is 28.8 Å². The van der Waals surface area contributed by atoms with Gasteiger partial charge >= 0.3 is 0 Å². The third-order valence-corrected chi connectivity index (χ3v) is 3.83. The molecule has 0 spiro atoms. The second-order valence-electron chi connectivity index (χ2n) is 4.29. The molecule has 1 atom stereocenters. The van der Waals surface area contributed by atoms with Crippen molar-refractivity contribution < 1.29 is 9.59 Å². The molecule has 2 heterocycles. The van der Waals surface area contributed by atoms with Gasteiger partial charge in [0, 0.05) is 18.5 Å². The number of hydrogen-bond acceptors (Lipinski definition) is 5. The number of amides is 2. The van der Waals surface area contributed by atoms with Crippen LogP contribution in [0.2, 0.25) is 0 Å². The molecular formula is C11H16N4O2S. The smallest absolute Gasteiger partial charge is 0.241 e. The number of rotatable bonds is 3. The predicted octanol–water partition coefficient (Wildman–Crippen LogP) is -0.502. The maximum absolute atomic E-state index is 12.1. The lowest BCUT2D eigenvalue weighted by atomic mass is 10.2. The minimum atomic E-state index is -0.332. The van der Waals surface area contributed by atoms with Crippen LogP contribution >= 0.6 is 11.3 Å². The maximum atomic E-state index is 12.1. The first-order valence-corrected chi connectivity index (χ1v) is 6.60. The van der Waals surface area contributed by atoms with Crippen molar-refractivity contribution in [2.75, 3.05) is 20.1 Å². The van der Waals surface area contributed by atoms with Crippen molar-refractivity contribution in [2.45, 2.75) is 19.5 Å². The van der Waals surface area contributed by atoms with E-state index in [9.17, 15) is 9.59 Å². The summed E-state index contributed by atoms with van der Waals surface area (Å²) in [5.74, 6) is -0.0807. The number of carbonyl (C=O) groups is 2. The fourth-order valence-corrected chi connectivity index (χ4v) is 2.61. The van der Waals surface area contributed by atoms with E-state index < -0.39 is 0 Å². The van der Waals surface area contributed by atoms with Crippen molar-refractivity contribution in [3.63, 3.8) is 0 Å². The number of aryl methyl sites for hydroxylation is 1. The molecule has 1 aromatic heterocycles. The first kappa shape index (κ1) is 13.0. The Labute approximate surface area is 109 Å². The normalized spacial score (nSPS) is 19.4. The second-order valence-corrected chi connectivity index (χ2v) is 5.23. The zero-order valence-corrected chi connectivity index (χ0v) is 11.2. The van der Waals surface area contributed by atoms with Gasteiger partial charge in [-0.1, -0.05) is 0 Å². The summed E-state index contributed by atoms with van der Waals surface area (Å²) < 4.78 is 0. The number of aromatic nitrogens is 1. The van der Waals surface area contributed by atoms with Gasteiger partial charge in [0.2, 0.25) is 11.8 Å². The Balaban J connectivity index is 1.92. The lowest BCUT2D eigenvalue weighted by Crippen LogP contribution is -2.58. The van der Waals surface area contributed by atoms with E-state index in [0.29, 0.717) is 13.1 Å². The highest BCUT2D eigenvalue weighted by molar-refractivity contribution is 7.09. The first-order chi connectivity index (χ1) is 8.58. The van der Waals surface area contributed by atoms with E-state index in [0.717, 1.165) is 10.6 Å². The summed E-state index contributed by atoms with van der Waals surface area (Å²) in [6.45, 7) is 3.04. The fraction of sp³-hybridized carbons (Fsp3) is 0.545. The van der Waals surface area contributed by atoms with Crippen LogP contribution in [0.1, 0.15) is 10.6 Å². The minimum absolute atomic E-state index is 0.0113. The molecule has 1 aliphatic rings. The molecule has 1 aromatic rings. The van der Waals surface area contributed by atoms with Crippen molar-refractivity contribution in [3.8, 4) is 0 Å². The number of hydrogen-bond donors (Lipinski definition) is 2. The molecule has 1 fully saturated rings. The lowest BCUT2D eigenvalue weighted by molar-refractivity contribution is -0.134. The van der Waals surface area contributed by atoms with Crippen molar-refractivity contribution in [1.82, 2.24) is 20.5 Å². The third kappa shape index (κ3) is 2.85. The predicted molar refractivity (Wildman–Crippen MR) is 68.1 cm³/mol. The summed E-state index contributed by atoms with van der Waals surface area (Å²) >= 11 is 1.55. The first-order valence-electron chi connectivity index (χ1n) is 5.72. The molecule has 0 bridgehead atoms. The Kier molecular flexibility index (Phi) is 3.93. The van der Waals surface area contributed by atoms with Crippen LogP contribution in [-0.4, -0.2) is 47.9 Å². The molecule has 6 nitrogen and oxygen atoms in total. The highest BCUT2D eigenvalue weighted by atomic mass is 32.1. The molecule has 1 aliphatic heterocycles. The molecule has 1 saturated heterocycles. The topological polar surface area (TPSA) is 74.3 Å². The van der Waals surface area contributed by atoms with Gasteiger partial charge in [-0.25, -0.2) is 4.98 Å². The molecule has 0 aliphatic carbocycles. The van der Waals surface area contributed by atoms with Gasteiger partial charge in [0.05, 0.1) is 24.3 Å². The van der Waals surface area contributed by atoms with Crippen LogP contribution in [0.4, 0.5) is 0 Å². The number of nitrogens with zero attached hydrogens (tertiary/aromatic N) is 2. The average molecular weight is 268 g/mol. The number of carbonyl (C=O) groups excluding carboxylic acids is 2.